The molecule has 2 saturated heterocycles. The highest BCUT2D eigenvalue weighted by atomic mass is 127. The number of amides is 4. The van der Waals surface area contributed by atoms with Gasteiger partial charge in [0.05, 0.1) is 35.4 Å². The Labute approximate surface area is 379 Å². The molecule has 5 heterocycles. The van der Waals surface area contributed by atoms with Crippen LogP contribution < -0.4 is 15.4 Å². The Morgan fingerprint density at radius 2 is 1.75 bits per heavy atom. The molecule has 4 N–H and O–H groups in total. The Morgan fingerprint density at radius 3 is 2.49 bits per heavy atom. The fraction of sp³-hybridized carbons (Fsp3) is 0.375. The molecule has 326 valence electrons. The van der Waals surface area contributed by atoms with E-state index < -0.39 is 12.1 Å². The van der Waals surface area contributed by atoms with E-state index in [1.54, 1.807) is 29.7 Å². The summed E-state index contributed by atoms with van der Waals surface area (Å²) < 4.78 is 11.8. The first-order chi connectivity index (χ1) is 30.4. The topological polar surface area (TPSA) is 175 Å². The lowest BCUT2D eigenvalue weighted by atomic mass is 9.92. The number of ether oxygens (including phenoxy) is 2. The number of nitrogens with zero attached hydrogens (tertiary/aromatic N) is 4. The number of benzene rings is 4. The average molecular weight is 963 g/mol. The van der Waals surface area contributed by atoms with Gasteiger partial charge in [-0.15, -0.1) is 0 Å². The van der Waals surface area contributed by atoms with Crippen LogP contribution in [-0.2, 0) is 25.7 Å². The molecule has 0 bridgehead atoms. The maximum absolute atomic E-state index is 14.4. The number of likely N-dealkylation sites (tertiary alicyclic amines) is 2. The number of carbonyl (C=O) groups is 4. The third kappa shape index (κ3) is 8.16. The second-order valence-electron chi connectivity index (χ2n) is 17.4. The normalized spacial score (nSPS) is 20.4. The van der Waals surface area contributed by atoms with Gasteiger partial charge in [-0.1, -0.05) is 62.4 Å². The highest BCUT2D eigenvalue weighted by Crippen LogP contribution is 2.44. The van der Waals surface area contributed by atoms with Gasteiger partial charge in [-0.05, 0) is 78.4 Å². The van der Waals surface area contributed by atoms with E-state index in [-0.39, 0.29) is 51.6 Å². The molecule has 6 aromatic rings. The summed E-state index contributed by atoms with van der Waals surface area (Å²) in [5, 5.41) is 7.71. The molecule has 15 heteroatoms. The van der Waals surface area contributed by atoms with Crippen molar-refractivity contribution >= 4 is 66.0 Å². The Balaban J connectivity index is 0.987. The van der Waals surface area contributed by atoms with Crippen molar-refractivity contribution in [3.63, 3.8) is 0 Å². The number of hydrogen-bond donors (Lipinski definition) is 4. The predicted molar refractivity (Wildman–Crippen MR) is 248 cm³/mol. The van der Waals surface area contributed by atoms with Gasteiger partial charge in [0.1, 0.15) is 36.1 Å². The summed E-state index contributed by atoms with van der Waals surface area (Å²) in [5.74, 6) is 1.65. The third-order valence-corrected chi connectivity index (χ3v) is 13.1. The summed E-state index contributed by atoms with van der Waals surface area (Å²) in [7, 11) is 1.67. The molecule has 0 aliphatic carbocycles. The maximum Gasteiger partial charge on any atom is 0.281 e. The van der Waals surface area contributed by atoms with Crippen LogP contribution in [0.1, 0.15) is 87.9 Å². The first-order valence-corrected chi connectivity index (χ1v) is 22.6. The van der Waals surface area contributed by atoms with Crippen molar-refractivity contribution in [2.75, 3.05) is 20.3 Å². The Hall–Kier alpha value is -5.81. The van der Waals surface area contributed by atoms with Crippen LogP contribution in [-0.4, -0.2) is 83.7 Å². The summed E-state index contributed by atoms with van der Waals surface area (Å²) in [5.41, 5.74) is 7.20. The molecule has 6 atom stereocenters. The Kier molecular flexibility index (Phi) is 11.7. The van der Waals surface area contributed by atoms with Crippen molar-refractivity contribution in [2.24, 2.45) is 11.8 Å². The molecule has 3 aliphatic heterocycles. The molecule has 9 rings (SSSR count). The van der Waals surface area contributed by atoms with Crippen LogP contribution in [0.3, 0.4) is 0 Å². The van der Waals surface area contributed by atoms with Crippen LogP contribution in [0, 0.1) is 11.8 Å². The summed E-state index contributed by atoms with van der Waals surface area (Å²) in [6.07, 6.45) is 4.18. The summed E-state index contributed by atoms with van der Waals surface area (Å²) in [6, 6.07) is 22.0. The van der Waals surface area contributed by atoms with Crippen molar-refractivity contribution in [3.05, 3.63) is 102 Å². The molecule has 14 nitrogen and oxygen atoms in total. The van der Waals surface area contributed by atoms with Gasteiger partial charge in [-0.25, -0.2) is 9.97 Å². The molecule has 0 radical (unpaired) electrons. The van der Waals surface area contributed by atoms with E-state index in [4.69, 9.17) is 19.4 Å². The highest BCUT2D eigenvalue weighted by Gasteiger charge is 2.42. The SMILES string of the molecule is COC[C@H]1C[C@@H](c2nc3ccc4cc5c(cc4c3[nH]2)OCc2cc(-c3c[nH]c([C@@H]4CC[C@H](C)N4C(=O)[C@@H](NC(=O)I)C(C)C)n3)ccc2-5)N(C(=O)[C@H](NC(C)=O)c2ccccc2)C1. The number of nitrogens with one attached hydrogen (secondary N) is 4. The van der Waals surface area contributed by atoms with Crippen LogP contribution in [0.25, 0.3) is 44.2 Å². The van der Waals surface area contributed by atoms with Gasteiger partial charge in [0.15, 0.2) is 0 Å². The average Bonchev–Trinajstić information content (AvgIpc) is 4.09. The van der Waals surface area contributed by atoms with Crippen LogP contribution >= 0.6 is 22.6 Å². The molecule has 2 aromatic heterocycles. The fourth-order valence-corrected chi connectivity index (χ4v) is 10.1. The second-order valence-corrected chi connectivity index (χ2v) is 18.4. The monoisotopic (exact) mass is 962 g/mol. The van der Waals surface area contributed by atoms with Crippen molar-refractivity contribution in [1.82, 2.24) is 40.4 Å². The summed E-state index contributed by atoms with van der Waals surface area (Å²) in [6.45, 7) is 8.71. The molecular weight excluding hydrogens is 911 g/mol. The minimum atomic E-state index is -0.832. The number of aromatic nitrogens is 4. The number of methoxy groups -OCH3 is 1. The number of rotatable bonds is 11. The van der Waals surface area contributed by atoms with Crippen LogP contribution in [0.2, 0.25) is 0 Å². The van der Waals surface area contributed by atoms with E-state index >= 15 is 0 Å². The zero-order chi connectivity index (χ0) is 44.1. The Morgan fingerprint density at radius 1 is 0.937 bits per heavy atom. The quantitative estimate of drug-likeness (QED) is 0.0570. The largest absolute Gasteiger partial charge is 0.488 e. The summed E-state index contributed by atoms with van der Waals surface area (Å²) in [4.78, 5) is 73.3. The molecule has 63 heavy (non-hydrogen) atoms. The van der Waals surface area contributed by atoms with Crippen LogP contribution in [0.5, 0.6) is 5.75 Å². The van der Waals surface area contributed by atoms with Gasteiger partial charge in [0.2, 0.25) is 17.7 Å². The number of fused-ring (bicyclic) bond motifs is 6. The molecule has 0 unspecified atom stereocenters. The van der Waals surface area contributed by atoms with Crippen molar-refractivity contribution in [2.45, 2.75) is 83.8 Å². The van der Waals surface area contributed by atoms with Gasteiger partial charge < -0.3 is 39.9 Å². The third-order valence-electron chi connectivity index (χ3n) is 12.8. The predicted octanol–water partition coefficient (Wildman–Crippen LogP) is 8.30. The first-order valence-electron chi connectivity index (χ1n) is 21.6. The van der Waals surface area contributed by atoms with Gasteiger partial charge in [0.25, 0.3) is 3.91 Å². The minimum absolute atomic E-state index is 0.0180. The Bertz CT molecular complexity index is 2730. The number of hydrogen-bond acceptors (Lipinski definition) is 8. The molecule has 0 saturated carbocycles. The zero-order valence-electron chi connectivity index (χ0n) is 35.9. The number of halogens is 1. The van der Waals surface area contributed by atoms with Crippen molar-refractivity contribution < 1.29 is 28.7 Å². The number of H-pyrrole nitrogens is 2. The van der Waals surface area contributed by atoms with Gasteiger partial charge in [-0.2, -0.15) is 0 Å². The maximum atomic E-state index is 14.4. The standard InChI is InChI=1S/C48H51IN8O6/c1-25(2)41(55-48(49)61)47(60)57-26(3)11-16-38(57)44-50-21-37(53-44)31-12-14-33-32(18-31)24-63-40-20-34-30(19-35(33)40)13-15-36-43(34)54-45(52-36)39-17-28(23-62-5)22-56(39)46(59)42(51-27(4)58)29-9-7-6-8-10-29/h6-10,12-15,18-21,25-26,28,38-39,41-42H,11,16-17,22-24H2,1-5H3,(H,50,53)(H,51,58)(H,52,54)(H,55,61)/t26-,28-,38-,39-,41-,42+/m0/s1. The molecular formula is C48H51IN8O6. The van der Waals surface area contributed by atoms with Gasteiger partial charge in [-0.3, -0.25) is 19.2 Å². The van der Waals surface area contributed by atoms with Gasteiger partial charge in [0, 0.05) is 77.8 Å². The first kappa shape index (κ1) is 42.5. The van der Waals surface area contributed by atoms with Crippen LogP contribution in [0.15, 0.2) is 79.0 Å². The van der Waals surface area contributed by atoms with Crippen molar-refractivity contribution in [1.29, 1.82) is 0 Å². The lowest BCUT2D eigenvalue weighted by Gasteiger charge is -2.32. The number of aromatic amines is 2. The van der Waals surface area contributed by atoms with Crippen LogP contribution in [0.4, 0.5) is 4.79 Å². The van der Waals surface area contributed by atoms with E-state index in [9.17, 15) is 19.2 Å². The van der Waals surface area contributed by atoms with Crippen molar-refractivity contribution in [3.8, 4) is 28.1 Å². The molecule has 2 fully saturated rings. The van der Waals surface area contributed by atoms with Gasteiger partial charge >= 0.3 is 0 Å². The van der Waals surface area contributed by atoms with E-state index in [1.807, 2.05) is 66.2 Å². The van der Waals surface area contributed by atoms with E-state index in [1.165, 1.54) is 6.92 Å². The number of imidazole rings is 2. The summed E-state index contributed by atoms with van der Waals surface area (Å²) >= 11 is 1.68. The molecule has 0 spiro atoms. The minimum Gasteiger partial charge on any atom is -0.488 e. The number of carbonyl (C=O) groups excluding carboxylic acids is 4. The smallest absolute Gasteiger partial charge is 0.281 e. The fourth-order valence-electron chi connectivity index (χ4n) is 9.79. The molecule has 3 aliphatic rings. The highest BCUT2D eigenvalue weighted by molar-refractivity contribution is 14.1. The van der Waals surface area contributed by atoms with E-state index in [2.05, 4.69) is 63.9 Å². The molecule has 4 amide bonds. The zero-order valence-corrected chi connectivity index (χ0v) is 38.1. The van der Waals surface area contributed by atoms with E-state index in [0.717, 1.165) is 79.7 Å². The second kappa shape index (κ2) is 17.4. The lowest BCUT2D eigenvalue weighted by Crippen LogP contribution is -2.51. The molecule has 4 aromatic carbocycles. The lowest BCUT2D eigenvalue weighted by molar-refractivity contribution is -0.137. The van der Waals surface area contributed by atoms with E-state index in [0.29, 0.717) is 32.0 Å².